The molecule has 0 aromatic heterocycles. The van der Waals surface area contributed by atoms with Crippen molar-refractivity contribution in [3.63, 3.8) is 0 Å². The van der Waals surface area contributed by atoms with Crippen molar-refractivity contribution in [3.05, 3.63) is 27.1 Å². The fourth-order valence-corrected chi connectivity index (χ4v) is 2.83. The highest BCUT2D eigenvalue weighted by Crippen LogP contribution is 2.33. The van der Waals surface area contributed by atoms with Gasteiger partial charge < -0.3 is 4.90 Å². The zero-order valence-electron chi connectivity index (χ0n) is 8.42. The summed E-state index contributed by atoms with van der Waals surface area (Å²) >= 11 is 12.7. The van der Waals surface area contributed by atoms with Gasteiger partial charge in [-0.15, -0.1) is 11.6 Å². The zero-order chi connectivity index (χ0) is 11.7. The number of carbonyl (C=O) groups excluding carboxylic acids is 1. The Balaban J connectivity index is 2.30. The molecule has 1 aromatic carbocycles. The lowest BCUT2D eigenvalue weighted by atomic mass is 10.1. The van der Waals surface area contributed by atoms with E-state index in [1.165, 1.54) is 0 Å². The first kappa shape index (κ1) is 12.4. The van der Waals surface area contributed by atoms with Gasteiger partial charge in [0.05, 0.1) is 5.69 Å². The number of hydrogen-bond acceptors (Lipinski definition) is 1. The summed E-state index contributed by atoms with van der Waals surface area (Å²) < 4.78 is 1.90. The van der Waals surface area contributed by atoms with E-state index in [2.05, 4.69) is 31.9 Å². The minimum Gasteiger partial charge on any atom is -0.311 e. The lowest BCUT2D eigenvalue weighted by molar-refractivity contribution is -0.117. The molecule has 0 N–H and O–H groups in total. The van der Waals surface area contributed by atoms with Gasteiger partial charge in [-0.2, -0.15) is 0 Å². The molecule has 0 spiro atoms. The molecule has 1 aliphatic rings. The fraction of sp³-hybridized carbons (Fsp3) is 0.364. The number of benzene rings is 1. The molecule has 1 unspecified atom stereocenters. The van der Waals surface area contributed by atoms with Crippen LogP contribution in [0.5, 0.6) is 0 Å². The Bertz CT molecular complexity index is 424. The molecule has 1 fully saturated rings. The molecule has 1 amide bonds. The molecule has 2 rings (SSSR count). The van der Waals surface area contributed by atoms with Crippen LogP contribution in [-0.2, 0) is 4.79 Å². The monoisotopic (exact) mass is 365 g/mol. The molecule has 16 heavy (non-hydrogen) atoms. The standard InChI is InChI=1S/C11H10Br2ClNO/c12-8-1-2-9(13)10(4-8)15-6-7(5-14)3-11(15)16/h1-2,4,7H,3,5-6H2. The van der Waals surface area contributed by atoms with Crippen molar-refractivity contribution < 1.29 is 4.79 Å². The van der Waals surface area contributed by atoms with E-state index in [-0.39, 0.29) is 11.8 Å². The number of amides is 1. The van der Waals surface area contributed by atoms with Gasteiger partial charge in [-0.25, -0.2) is 0 Å². The van der Waals surface area contributed by atoms with E-state index in [0.29, 0.717) is 18.8 Å². The maximum atomic E-state index is 11.8. The third-order valence-electron chi connectivity index (χ3n) is 2.62. The SMILES string of the molecule is O=C1CC(CCl)CN1c1cc(Br)ccc1Br. The molecule has 0 aliphatic carbocycles. The van der Waals surface area contributed by atoms with Crippen LogP contribution in [0.3, 0.4) is 0 Å². The summed E-state index contributed by atoms with van der Waals surface area (Å²) in [5.74, 6) is 0.943. The quantitative estimate of drug-likeness (QED) is 0.728. The van der Waals surface area contributed by atoms with E-state index >= 15 is 0 Å². The lowest BCUT2D eigenvalue weighted by Gasteiger charge is -2.18. The van der Waals surface area contributed by atoms with Gasteiger partial charge >= 0.3 is 0 Å². The number of alkyl halides is 1. The Morgan fingerprint density at radius 3 is 2.81 bits per heavy atom. The van der Waals surface area contributed by atoms with Crippen LogP contribution in [0, 0.1) is 5.92 Å². The van der Waals surface area contributed by atoms with Gasteiger partial charge in [0.25, 0.3) is 0 Å². The van der Waals surface area contributed by atoms with Crippen LogP contribution in [0.2, 0.25) is 0 Å². The summed E-state index contributed by atoms with van der Waals surface area (Å²) in [6.45, 7) is 0.706. The molecule has 0 saturated carbocycles. The number of rotatable bonds is 2. The van der Waals surface area contributed by atoms with Crippen LogP contribution in [-0.4, -0.2) is 18.3 Å². The van der Waals surface area contributed by atoms with Crippen molar-refractivity contribution in [1.29, 1.82) is 0 Å². The first-order valence-corrected chi connectivity index (χ1v) is 7.05. The second kappa shape index (κ2) is 5.07. The van der Waals surface area contributed by atoms with Gasteiger partial charge in [-0.1, -0.05) is 15.9 Å². The lowest BCUT2D eigenvalue weighted by Crippen LogP contribution is -2.25. The van der Waals surface area contributed by atoms with Crippen molar-refractivity contribution in [3.8, 4) is 0 Å². The van der Waals surface area contributed by atoms with E-state index in [9.17, 15) is 4.79 Å². The number of anilines is 1. The van der Waals surface area contributed by atoms with Crippen LogP contribution in [0.25, 0.3) is 0 Å². The Labute approximate surface area is 116 Å². The van der Waals surface area contributed by atoms with Crippen LogP contribution < -0.4 is 4.90 Å². The summed E-state index contributed by atoms with van der Waals surface area (Å²) in [5, 5.41) is 0. The van der Waals surface area contributed by atoms with E-state index in [1.807, 2.05) is 18.2 Å². The summed E-state index contributed by atoms with van der Waals surface area (Å²) in [6.07, 6.45) is 0.544. The first-order chi connectivity index (χ1) is 7.61. The number of nitrogens with zero attached hydrogens (tertiary/aromatic N) is 1. The molecule has 0 radical (unpaired) electrons. The molecule has 86 valence electrons. The molecule has 1 aromatic rings. The Hall–Kier alpha value is -0.0600. The molecule has 0 bridgehead atoms. The highest BCUT2D eigenvalue weighted by Gasteiger charge is 2.30. The van der Waals surface area contributed by atoms with Crippen molar-refractivity contribution in [2.45, 2.75) is 6.42 Å². The molecule has 1 atom stereocenters. The molecule has 1 saturated heterocycles. The van der Waals surface area contributed by atoms with E-state index in [0.717, 1.165) is 14.6 Å². The summed E-state index contributed by atoms with van der Waals surface area (Å²) in [7, 11) is 0. The van der Waals surface area contributed by atoms with Gasteiger partial charge in [0.15, 0.2) is 0 Å². The molecular weight excluding hydrogens is 357 g/mol. The van der Waals surface area contributed by atoms with Gasteiger partial charge in [0.2, 0.25) is 5.91 Å². The second-order valence-electron chi connectivity index (χ2n) is 3.82. The highest BCUT2D eigenvalue weighted by atomic mass is 79.9. The minimum atomic E-state index is 0.143. The summed E-state index contributed by atoms with van der Waals surface area (Å²) in [5.41, 5.74) is 0.909. The minimum absolute atomic E-state index is 0.143. The van der Waals surface area contributed by atoms with Crippen molar-refractivity contribution in [2.24, 2.45) is 5.92 Å². The summed E-state index contributed by atoms with van der Waals surface area (Å²) in [6, 6.07) is 5.81. The molecule has 1 aliphatic heterocycles. The van der Waals surface area contributed by atoms with Crippen molar-refractivity contribution >= 4 is 55.1 Å². The second-order valence-corrected chi connectivity index (χ2v) is 5.90. The predicted molar refractivity (Wildman–Crippen MR) is 73.0 cm³/mol. The molecule has 1 heterocycles. The molecule has 2 nitrogen and oxygen atoms in total. The maximum absolute atomic E-state index is 11.8. The van der Waals surface area contributed by atoms with Crippen LogP contribution in [0.1, 0.15) is 6.42 Å². The van der Waals surface area contributed by atoms with Crippen LogP contribution in [0.4, 0.5) is 5.69 Å². The van der Waals surface area contributed by atoms with Gasteiger partial charge in [0, 0.05) is 27.8 Å². The number of halogens is 3. The predicted octanol–water partition coefficient (Wildman–Crippen LogP) is 3.80. The van der Waals surface area contributed by atoms with Gasteiger partial charge in [-0.05, 0) is 40.0 Å². The van der Waals surface area contributed by atoms with Crippen LogP contribution in [0.15, 0.2) is 27.1 Å². The Morgan fingerprint density at radius 1 is 1.44 bits per heavy atom. The maximum Gasteiger partial charge on any atom is 0.227 e. The molecular formula is C11H10Br2ClNO. The van der Waals surface area contributed by atoms with E-state index in [1.54, 1.807) is 4.90 Å². The zero-order valence-corrected chi connectivity index (χ0v) is 12.3. The molecule has 5 heteroatoms. The van der Waals surface area contributed by atoms with Crippen molar-refractivity contribution in [1.82, 2.24) is 0 Å². The number of hydrogen-bond donors (Lipinski definition) is 0. The third kappa shape index (κ3) is 2.44. The third-order valence-corrected chi connectivity index (χ3v) is 4.22. The topological polar surface area (TPSA) is 20.3 Å². The largest absolute Gasteiger partial charge is 0.311 e. The van der Waals surface area contributed by atoms with Gasteiger partial charge in [-0.3, -0.25) is 4.79 Å². The average molecular weight is 367 g/mol. The van der Waals surface area contributed by atoms with Gasteiger partial charge in [0.1, 0.15) is 0 Å². The van der Waals surface area contributed by atoms with E-state index < -0.39 is 0 Å². The smallest absolute Gasteiger partial charge is 0.227 e. The Kier molecular flexibility index (Phi) is 3.93. The van der Waals surface area contributed by atoms with Crippen molar-refractivity contribution in [2.75, 3.05) is 17.3 Å². The fourth-order valence-electron chi connectivity index (χ4n) is 1.81. The van der Waals surface area contributed by atoms with E-state index in [4.69, 9.17) is 11.6 Å². The van der Waals surface area contributed by atoms with Crippen LogP contribution >= 0.6 is 43.5 Å². The number of carbonyl (C=O) groups is 1. The Morgan fingerprint density at radius 2 is 2.19 bits per heavy atom. The summed E-state index contributed by atoms with van der Waals surface area (Å²) in [4.78, 5) is 13.6. The normalized spacial score (nSPS) is 20.6. The average Bonchev–Trinajstić information content (AvgIpc) is 2.63. The highest BCUT2D eigenvalue weighted by molar-refractivity contribution is 9.11. The first-order valence-electron chi connectivity index (χ1n) is 4.93.